The van der Waals surface area contributed by atoms with E-state index in [1.807, 2.05) is 80.6 Å². The number of nitrogens with zero attached hydrogens (tertiary/aromatic N) is 3. The lowest BCUT2D eigenvalue weighted by Gasteiger charge is -2.41. The van der Waals surface area contributed by atoms with Gasteiger partial charge in [0, 0.05) is 94.9 Å². The number of hydrogen-bond donors (Lipinski definition) is 5. The van der Waals surface area contributed by atoms with E-state index in [4.69, 9.17) is 60.0 Å². The van der Waals surface area contributed by atoms with Gasteiger partial charge < -0.3 is 79.2 Å². The normalized spacial score (nSPS) is 21.8. The number of fused-ring (bicyclic) bond motifs is 7. The minimum atomic E-state index is -1.65. The lowest BCUT2D eigenvalue weighted by Crippen LogP contribution is -2.53. The number of aliphatic hydroxyl groups is 1. The second-order valence-corrected chi connectivity index (χ2v) is 29.5. The average Bonchev–Trinajstić information content (AvgIpc) is 1.57. The number of hydrogen-bond acceptors (Lipinski definition) is 20. The fourth-order valence-electron chi connectivity index (χ4n) is 13.6. The van der Waals surface area contributed by atoms with Crippen LogP contribution in [0, 0.1) is 36.5 Å². The molecule has 7 amide bonds. The number of carbonyl (C=O) groups is 10. The van der Waals surface area contributed by atoms with Gasteiger partial charge in [0.25, 0.3) is 0 Å². The van der Waals surface area contributed by atoms with E-state index in [0.29, 0.717) is 41.3 Å². The Bertz CT molecular complexity index is 4080. The van der Waals surface area contributed by atoms with Gasteiger partial charge in [0.15, 0.2) is 5.78 Å². The summed E-state index contributed by atoms with van der Waals surface area (Å²) < 4.78 is 52.2. The number of carbonyl (C=O) groups excluding carboxylic acids is 10. The molecule has 4 heterocycles. The second-order valence-electron chi connectivity index (χ2n) is 29.2. The molecular formula is C83H106ClN7O20. The van der Waals surface area contributed by atoms with Gasteiger partial charge in [-0.1, -0.05) is 117 Å². The summed E-state index contributed by atoms with van der Waals surface area (Å²) in [6, 6.07) is 22.4. The molecule has 4 aromatic rings. The number of aryl methyl sites for hydroxylation is 1. The Hall–Kier alpha value is -9.37. The maximum atomic E-state index is 14.5. The van der Waals surface area contributed by atoms with E-state index >= 15 is 0 Å². The number of benzene rings is 4. The molecule has 600 valence electrons. The Morgan fingerprint density at radius 2 is 1.48 bits per heavy atom. The van der Waals surface area contributed by atoms with E-state index in [1.54, 1.807) is 76.1 Å². The molecule has 4 bridgehead atoms. The van der Waals surface area contributed by atoms with E-state index in [1.165, 1.54) is 26.0 Å². The highest BCUT2D eigenvalue weighted by Gasteiger charge is 2.64. The zero-order chi connectivity index (χ0) is 80.5. The summed E-state index contributed by atoms with van der Waals surface area (Å²) in [6.45, 7) is 14.3. The molecule has 0 spiro atoms. The van der Waals surface area contributed by atoms with E-state index in [-0.39, 0.29) is 147 Å². The number of anilines is 3. The van der Waals surface area contributed by atoms with Gasteiger partial charge in [-0.25, -0.2) is 14.4 Å². The van der Waals surface area contributed by atoms with Crippen molar-refractivity contribution in [3.63, 3.8) is 0 Å². The molecule has 6 N–H and O–H groups in total. The van der Waals surface area contributed by atoms with Crippen LogP contribution in [-0.4, -0.2) is 198 Å². The zero-order valence-electron chi connectivity index (χ0n) is 65.1. The van der Waals surface area contributed by atoms with Crippen LogP contribution in [0.1, 0.15) is 139 Å². The first-order valence-electron chi connectivity index (χ1n) is 37.7. The summed E-state index contributed by atoms with van der Waals surface area (Å²) in [4.78, 5) is 139. The van der Waals surface area contributed by atoms with Crippen LogP contribution in [0.25, 0.3) is 0 Å². The van der Waals surface area contributed by atoms with Crippen molar-refractivity contribution in [3.05, 3.63) is 147 Å². The molecule has 10 atom stereocenters. The summed E-state index contributed by atoms with van der Waals surface area (Å²) in [5.74, 6) is 1.02. The fraction of sp³-hybridized carbons (Fsp3) is 0.518. The van der Waals surface area contributed by atoms with Crippen LogP contribution in [0.15, 0.2) is 109 Å². The number of rotatable bonds is 35. The molecule has 0 radical (unpaired) electrons. The van der Waals surface area contributed by atoms with Crippen molar-refractivity contribution in [2.24, 2.45) is 23.5 Å². The smallest absolute Gasteiger partial charge is 0.410 e. The van der Waals surface area contributed by atoms with Gasteiger partial charge in [-0.15, -0.1) is 0 Å². The molecular weight excluding hydrogens is 1450 g/mol. The number of para-hydroxylation sites is 1. The van der Waals surface area contributed by atoms with E-state index in [2.05, 4.69) is 27.8 Å². The van der Waals surface area contributed by atoms with Crippen molar-refractivity contribution in [2.45, 2.75) is 180 Å². The summed E-state index contributed by atoms with van der Waals surface area (Å²) in [6.07, 6.45) is 0.948. The molecule has 0 aliphatic carbocycles. The van der Waals surface area contributed by atoms with E-state index < -0.39 is 101 Å². The van der Waals surface area contributed by atoms with Crippen LogP contribution in [0.4, 0.5) is 26.7 Å². The van der Waals surface area contributed by atoms with Crippen LogP contribution < -0.4 is 31.5 Å². The monoisotopic (exact) mass is 1560 g/mol. The lowest BCUT2D eigenvalue weighted by atomic mass is 9.78. The number of ketones is 2. The third-order valence-electron chi connectivity index (χ3n) is 20.3. The molecule has 4 aliphatic heterocycles. The summed E-state index contributed by atoms with van der Waals surface area (Å²) in [5, 5.41) is 20.5. The number of primary amides is 1. The number of urea groups is 1. The third kappa shape index (κ3) is 25.3. The molecule has 27 nitrogen and oxygen atoms in total. The van der Waals surface area contributed by atoms with Gasteiger partial charge >= 0.3 is 24.1 Å². The number of methoxy groups -OCH3 is 1. The molecule has 0 saturated carbocycles. The summed E-state index contributed by atoms with van der Waals surface area (Å²) in [7, 11) is 4.38. The van der Waals surface area contributed by atoms with Gasteiger partial charge in [0.1, 0.15) is 47.9 Å². The number of allylic oxidation sites excluding steroid dienone is 3. The third-order valence-corrected chi connectivity index (χ3v) is 20.8. The van der Waals surface area contributed by atoms with Crippen molar-refractivity contribution in [2.75, 3.05) is 95.7 Å². The largest absolute Gasteiger partial charge is 0.462 e. The van der Waals surface area contributed by atoms with Crippen molar-refractivity contribution < 1.29 is 95.7 Å². The SMILES string of the molecule is CO[C@@H]1/C=C/C=C(\C)Cc2cc(C)c(Cl)c(c2)N(C)C(=O)C[C@H](OC(=O)[C@H](C)N(C)C(=O)OCc2ccc(NC(=O)[C@H](CCCNC(N)=O)CC(=O)[C@@H](NC(=O)CCOCCOCCOCCOCCC(=O)CCC(=O)N3Cc4ccccc4C#Cc4ccccc43)C(C)C)cc2)[C@]2(C)O[C@H]2[C@H](C)[C@@H]2C[C@@]1(O)CC(=O)O2. The fourth-order valence-corrected chi connectivity index (χ4v) is 13.8. The molecule has 4 aliphatic rings. The number of nitrogens with one attached hydrogen (secondary N) is 3. The van der Waals surface area contributed by atoms with Crippen LogP contribution in [0.5, 0.6) is 0 Å². The van der Waals surface area contributed by atoms with Gasteiger partial charge in [-0.05, 0) is 112 Å². The molecule has 2 saturated heterocycles. The molecule has 111 heavy (non-hydrogen) atoms. The van der Waals surface area contributed by atoms with Gasteiger partial charge in [0.2, 0.25) is 23.6 Å². The lowest BCUT2D eigenvalue weighted by molar-refractivity contribution is -0.187. The molecule has 0 unspecified atom stereocenters. The molecule has 8 rings (SSSR count). The Balaban J connectivity index is 0.747. The van der Waals surface area contributed by atoms with Gasteiger partial charge in [-0.3, -0.25) is 38.5 Å². The van der Waals surface area contributed by atoms with Crippen LogP contribution in [0.2, 0.25) is 5.02 Å². The number of epoxide rings is 1. The highest BCUT2D eigenvalue weighted by Crippen LogP contribution is 2.50. The average molecular weight is 1560 g/mol. The Morgan fingerprint density at radius 3 is 2.15 bits per heavy atom. The Kier molecular flexibility index (Phi) is 32.8. The van der Waals surface area contributed by atoms with E-state index in [0.717, 1.165) is 44.0 Å². The minimum absolute atomic E-state index is 0.00924. The first-order valence-corrected chi connectivity index (χ1v) is 38.1. The molecule has 4 aromatic carbocycles. The maximum absolute atomic E-state index is 14.5. The summed E-state index contributed by atoms with van der Waals surface area (Å²) >= 11 is 6.87. The van der Waals surface area contributed by atoms with Gasteiger partial charge in [0.05, 0.1) is 101 Å². The number of halogens is 1. The number of esters is 2. The highest BCUT2D eigenvalue weighted by atomic mass is 35.5. The highest BCUT2D eigenvalue weighted by molar-refractivity contribution is 6.34. The topological polar surface area (TPSA) is 349 Å². The zero-order valence-corrected chi connectivity index (χ0v) is 65.8. The van der Waals surface area contributed by atoms with E-state index in [9.17, 15) is 53.1 Å². The second kappa shape index (κ2) is 41.8. The number of amides is 7. The van der Waals surface area contributed by atoms with Crippen LogP contribution in [-0.2, 0) is 101 Å². The first kappa shape index (κ1) is 87.2. The molecule has 0 aromatic heterocycles. The number of Topliss-reactive ketones (excluding diaryl/α,β-unsaturated/α-hetero) is 2. The number of ether oxygens (including phenoxy) is 9. The summed E-state index contributed by atoms with van der Waals surface area (Å²) in [5.41, 5.74) is 9.40. The van der Waals surface area contributed by atoms with Crippen molar-refractivity contribution in [1.82, 2.24) is 15.5 Å². The predicted molar refractivity (Wildman–Crippen MR) is 414 cm³/mol. The molecule has 2 fully saturated rings. The number of likely N-dealkylation sites (N-methyl/N-ethyl adjacent to an activating group) is 1. The van der Waals surface area contributed by atoms with Gasteiger partial charge in [-0.2, -0.15) is 0 Å². The van der Waals surface area contributed by atoms with Crippen LogP contribution >= 0.6 is 11.6 Å². The van der Waals surface area contributed by atoms with Crippen LogP contribution in [0.3, 0.4) is 0 Å². The van der Waals surface area contributed by atoms with Crippen molar-refractivity contribution in [1.29, 1.82) is 0 Å². The Morgan fingerprint density at radius 1 is 0.829 bits per heavy atom. The number of nitrogens with two attached hydrogens (primary N) is 1. The van der Waals surface area contributed by atoms with Crippen molar-refractivity contribution >= 4 is 87.9 Å². The van der Waals surface area contributed by atoms with Crippen molar-refractivity contribution in [3.8, 4) is 11.8 Å². The quantitative estimate of drug-likeness (QED) is 0.00942. The Labute approximate surface area is 654 Å². The predicted octanol–water partition coefficient (Wildman–Crippen LogP) is 9.12. The molecule has 28 heteroatoms. The maximum Gasteiger partial charge on any atom is 0.410 e. The minimum Gasteiger partial charge on any atom is -0.462 e. The standard InChI is InChI=1S/C83H106ClN7O20/c1-52(2)76(88-71(94)33-36-105-38-40-107-42-41-106-39-37-104-35-32-64(92)30-31-72(95)91-50-62-20-12-11-18-59(62)26-27-60-19-13-14-22-65(60)91)67(93)46-61(21-16-34-86-80(85)100)78(98)87-63-28-24-57(25-29-63)51-108-81(101)89(8)56(6)79(99)110-70-47-73(96)90(9)66-45-58(44-54(4)75(66)84)43-53(3)17-15-23-69(103-10)83(102)48-68(109-74(97)49-83)55(5)77-82(70,7)111-77/h11-15,17-20,22-25,28-29,44-45,52,55-56,61,68-70,76-77,102H,16,21,30-43,46-51H2,1-10H3,(H,87,98)(H,88,94)(H3,85,86,100)/b23-15+,53-17+/t55-,56+,61-,68+,69-,70+,76+,77+,82+,83-/m1/s1. The first-order chi connectivity index (χ1) is 53.0.